The Morgan fingerprint density at radius 3 is 2.21 bits per heavy atom. The number of halogens is 4. The molecule has 0 nitrogen and oxygen atoms in total. The first-order valence-electron chi connectivity index (χ1n) is 3.57. The van der Waals surface area contributed by atoms with Gasteiger partial charge in [0.25, 0.3) is 0 Å². The molecule has 0 aliphatic rings. The molecule has 0 saturated carbocycles. The van der Waals surface area contributed by atoms with E-state index in [4.69, 9.17) is 0 Å². The van der Waals surface area contributed by atoms with Crippen LogP contribution in [0, 0.1) is 5.82 Å². The second-order valence-electron chi connectivity index (χ2n) is 2.45. The van der Waals surface area contributed by atoms with E-state index in [1.165, 1.54) is 18.2 Å². The van der Waals surface area contributed by atoms with Crippen molar-refractivity contribution in [1.82, 2.24) is 0 Å². The van der Waals surface area contributed by atoms with Gasteiger partial charge in [-0.3, -0.25) is 0 Å². The molecule has 1 aromatic carbocycles. The molecule has 14 heavy (non-hydrogen) atoms. The molecule has 0 radical (unpaired) electrons. The summed E-state index contributed by atoms with van der Waals surface area (Å²) < 4.78 is 48.2. The minimum Gasteiger partial charge on any atom is -0.448 e. The zero-order valence-electron chi connectivity index (χ0n) is 7.51. The SMILES string of the molecule is Fc1ccccc1SC[B-](F)(F)F.[K+]. The maximum Gasteiger partial charge on any atom is 1.00 e. The van der Waals surface area contributed by atoms with Crippen molar-refractivity contribution in [2.75, 3.05) is 5.65 Å². The third-order valence-corrected chi connectivity index (χ3v) is 2.45. The standard InChI is InChI=1S/C7H6BF4S.K/c9-6-3-1-2-4-7(6)13-5-8(10,11)12;/h1-4H,5H2;/q-1;+1. The Bertz CT molecular complexity index is 291. The van der Waals surface area contributed by atoms with Crippen molar-refractivity contribution < 1.29 is 68.7 Å². The van der Waals surface area contributed by atoms with Crippen molar-refractivity contribution in [3.8, 4) is 0 Å². The maximum absolute atomic E-state index is 12.8. The molecular formula is C7H6BF4KS. The molecule has 0 fully saturated rings. The van der Waals surface area contributed by atoms with E-state index < -0.39 is 18.4 Å². The predicted molar refractivity (Wildman–Crippen MR) is 46.2 cm³/mol. The van der Waals surface area contributed by atoms with Crippen LogP contribution < -0.4 is 51.4 Å². The van der Waals surface area contributed by atoms with Crippen molar-refractivity contribution in [2.24, 2.45) is 0 Å². The summed E-state index contributed by atoms with van der Waals surface area (Å²) in [7, 11) is 0. The molecule has 0 aliphatic carbocycles. The number of benzene rings is 1. The monoisotopic (exact) mass is 248 g/mol. The van der Waals surface area contributed by atoms with Crippen molar-refractivity contribution in [2.45, 2.75) is 4.90 Å². The third-order valence-electron chi connectivity index (χ3n) is 1.26. The number of hydrogen-bond donors (Lipinski definition) is 0. The van der Waals surface area contributed by atoms with Crippen molar-refractivity contribution in [1.29, 1.82) is 0 Å². The van der Waals surface area contributed by atoms with E-state index in [9.17, 15) is 17.3 Å². The molecule has 7 heteroatoms. The van der Waals surface area contributed by atoms with E-state index in [0.717, 1.165) is 6.07 Å². The molecule has 0 saturated heterocycles. The Labute approximate surface area is 126 Å². The van der Waals surface area contributed by atoms with Crippen LogP contribution >= 0.6 is 11.8 Å². The Kier molecular flexibility index (Phi) is 7.01. The second kappa shape index (κ2) is 6.55. The van der Waals surface area contributed by atoms with Crippen LogP contribution in [0.25, 0.3) is 0 Å². The summed E-state index contributed by atoms with van der Waals surface area (Å²) in [6.45, 7) is -4.85. The fraction of sp³-hybridized carbons (Fsp3) is 0.143. The molecule has 0 spiro atoms. The fourth-order valence-corrected chi connectivity index (χ4v) is 1.50. The summed E-state index contributed by atoms with van der Waals surface area (Å²) in [6.07, 6.45) is 0. The molecule has 0 unspecified atom stereocenters. The van der Waals surface area contributed by atoms with Crippen LogP contribution in [0.3, 0.4) is 0 Å². The van der Waals surface area contributed by atoms with Gasteiger partial charge in [-0.2, -0.15) is 11.8 Å². The van der Waals surface area contributed by atoms with Crippen molar-refractivity contribution in [3.05, 3.63) is 30.1 Å². The Morgan fingerprint density at radius 2 is 1.71 bits per heavy atom. The average molecular weight is 248 g/mol. The van der Waals surface area contributed by atoms with Crippen molar-refractivity contribution >= 4 is 18.7 Å². The van der Waals surface area contributed by atoms with E-state index in [1.54, 1.807) is 0 Å². The summed E-state index contributed by atoms with van der Waals surface area (Å²) in [5.41, 5.74) is -0.999. The van der Waals surface area contributed by atoms with E-state index >= 15 is 0 Å². The van der Waals surface area contributed by atoms with E-state index in [0.29, 0.717) is 11.8 Å². The quantitative estimate of drug-likeness (QED) is 0.421. The van der Waals surface area contributed by atoms with Gasteiger partial charge in [0.2, 0.25) is 0 Å². The van der Waals surface area contributed by atoms with Crippen LogP contribution in [0.15, 0.2) is 29.2 Å². The first kappa shape index (κ1) is 15.0. The number of rotatable bonds is 3. The average Bonchev–Trinajstić information content (AvgIpc) is 2.01. The van der Waals surface area contributed by atoms with Crippen molar-refractivity contribution in [3.63, 3.8) is 0 Å². The van der Waals surface area contributed by atoms with Gasteiger partial charge in [0.1, 0.15) is 5.82 Å². The normalized spacial score (nSPS) is 10.9. The Hall–Kier alpha value is 0.991. The molecule has 0 N–H and O–H groups in total. The van der Waals surface area contributed by atoms with Crippen LogP contribution in [0.5, 0.6) is 0 Å². The van der Waals surface area contributed by atoms with Crippen LogP contribution in [-0.4, -0.2) is 12.6 Å². The molecular weight excluding hydrogens is 242 g/mol. The number of thioether (sulfide) groups is 1. The van der Waals surface area contributed by atoms with Crippen LogP contribution in [0.4, 0.5) is 17.3 Å². The largest absolute Gasteiger partial charge is 1.00 e. The molecule has 1 rings (SSSR count). The molecule has 0 amide bonds. The molecule has 0 heterocycles. The van der Waals surface area contributed by atoms with E-state index in [-0.39, 0.29) is 56.3 Å². The molecule has 0 atom stereocenters. The van der Waals surface area contributed by atoms with Gasteiger partial charge in [-0.05, 0) is 17.8 Å². The molecule has 1 aromatic rings. The van der Waals surface area contributed by atoms with Gasteiger partial charge >= 0.3 is 58.4 Å². The summed E-state index contributed by atoms with van der Waals surface area (Å²) in [5, 5.41) is 0. The molecule has 72 valence electrons. The van der Waals surface area contributed by atoms with Crippen LogP contribution in [0.1, 0.15) is 0 Å². The van der Waals surface area contributed by atoms with E-state index in [2.05, 4.69) is 0 Å². The van der Waals surface area contributed by atoms with Gasteiger partial charge in [0, 0.05) is 4.90 Å². The van der Waals surface area contributed by atoms with E-state index in [1.807, 2.05) is 0 Å². The summed E-state index contributed by atoms with van der Waals surface area (Å²) in [5.74, 6) is -0.604. The van der Waals surface area contributed by atoms with Gasteiger partial charge < -0.3 is 12.9 Å². The first-order valence-corrected chi connectivity index (χ1v) is 4.56. The minimum atomic E-state index is -4.85. The Balaban J connectivity index is 0.00000169. The predicted octanol–water partition coefficient (Wildman–Crippen LogP) is 0.308. The van der Waals surface area contributed by atoms with Crippen LogP contribution in [-0.2, 0) is 0 Å². The number of hydrogen-bond acceptors (Lipinski definition) is 1. The maximum atomic E-state index is 12.8. The fourth-order valence-electron chi connectivity index (χ4n) is 0.746. The zero-order chi connectivity index (χ0) is 9.90. The van der Waals surface area contributed by atoms with Gasteiger partial charge in [0.05, 0.1) is 0 Å². The van der Waals surface area contributed by atoms with Gasteiger partial charge in [-0.25, -0.2) is 4.39 Å². The summed E-state index contributed by atoms with van der Waals surface area (Å²) in [6, 6.07) is 5.43. The van der Waals surface area contributed by atoms with Gasteiger partial charge in [0.15, 0.2) is 0 Å². The molecule has 0 aliphatic heterocycles. The van der Waals surface area contributed by atoms with Gasteiger partial charge in [-0.1, -0.05) is 12.1 Å². The van der Waals surface area contributed by atoms with Crippen LogP contribution in [0.2, 0.25) is 0 Å². The second-order valence-corrected chi connectivity index (χ2v) is 3.51. The Morgan fingerprint density at radius 1 is 1.14 bits per heavy atom. The topological polar surface area (TPSA) is 0 Å². The smallest absolute Gasteiger partial charge is 0.448 e. The minimum absolute atomic E-state index is 0. The summed E-state index contributed by atoms with van der Waals surface area (Å²) >= 11 is 0.482. The first-order chi connectivity index (χ1) is 5.99. The third kappa shape index (κ3) is 5.77. The van der Waals surface area contributed by atoms with Gasteiger partial charge in [-0.15, -0.1) is 0 Å². The zero-order valence-corrected chi connectivity index (χ0v) is 11.5. The summed E-state index contributed by atoms with van der Waals surface area (Å²) in [4.78, 5) is 0.0432. The molecule has 0 aromatic heterocycles. The molecule has 0 bridgehead atoms.